The van der Waals surface area contributed by atoms with E-state index in [9.17, 15) is 8.42 Å². The van der Waals surface area contributed by atoms with Gasteiger partial charge < -0.3 is 4.84 Å². The molecule has 0 radical (unpaired) electrons. The number of rotatable bonds is 3. The Morgan fingerprint density at radius 3 is 2.39 bits per heavy atom. The highest BCUT2D eigenvalue weighted by Crippen LogP contribution is 2.29. The van der Waals surface area contributed by atoms with Crippen molar-refractivity contribution in [1.29, 1.82) is 0 Å². The van der Waals surface area contributed by atoms with Crippen molar-refractivity contribution in [2.24, 2.45) is 5.16 Å². The first-order valence-corrected chi connectivity index (χ1v) is 7.55. The molecule has 1 aliphatic rings. The van der Waals surface area contributed by atoms with Gasteiger partial charge in [0.25, 0.3) is 0 Å². The molecular formula is C11H13BrN2O3S. The van der Waals surface area contributed by atoms with Crippen molar-refractivity contribution >= 4 is 30.6 Å². The zero-order valence-corrected chi connectivity index (χ0v) is 12.4. The van der Waals surface area contributed by atoms with Gasteiger partial charge >= 0.3 is 0 Å². The maximum atomic E-state index is 11.9. The maximum Gasteiger partial charge on any atom is 0.242 e. The second-order valence-electron chi connectivity index (χ2n) is 4.12. The normalized spacial score (nSPS) is 19.8. The molecule has 0 amide bonds. The molecule has 98 valence electrons. The molecule has 18 heavy (non-hydrogen) atoms. The van der Waals surface area contributed by atoms with Gasteiger partial charge in [-0.1, -0.05) is 17.3 Å². The van der Waals surface area contributed by atoms with Crippen LogP contribution in [-0.4, -0.2) is 31.4 Å². The van der Waals surface area contributed by atoms with Crippen LogP contribution in [0.25, 0.3) is 0 Å². The van der Waals surface area contributed by atoms with Crippen molar-refractivity contribution in [1.82, 2.24) is 4.31 Å². The highest BCUT2D eigenvalue weighted by Gasteiger charge is 2.22. The lowest BCUT2D eigenvalue weighted by Crippen LogP contribution is -2.22. The van der Waals surface area contributed by atoms with Gasteiger partial charge in [0.2, 0.25) is 10.0 Å². The van der Waals surface area contributed by atoms with E-state index in [4.69, 9.17) is 4.84 Å². The number of halogens is 1. The van der Waals surface area contributed by atoms with E-state index < -0.39 is 10.0 Å². The summed E-state index contributed by atoms with van der Waals surface area (Å²) in [5.41, 5.74) is 0.908. The minimum Gasteiger partial charge on any atom is -0.386 e. The van der Waals surface area contributed by atoms with Crippen molar-refractivity contribution in [2.75, 3.05) is 14.1 Å². The summed E-state index contributed by atoms with van der Waals surface area (Å²) in [5, 5.41) is 3.80. The zero-order valence-electron chi connectivity index (χ0n) is 10.00. The van der Waals surface area contributed by atoms with E-state index >= 15 is 0 Å². The minimum atomic E-state index is -3.37. The standard InChI is InChI=1S/C11H13BrN2O3S/c1-14(2)18(15,16)9-5-3-8(4-6-9)10-7-11(12)13-17-10/h3-6,10H,7H2,1-2H3/t10-/m0/s1. The lowest BCUT2D eigenvalue weighted by Gasteiger charge is -2.13. The largest absolute Gasteiger partial charge is 0.386 e. The van der Waals surface area contributed by atoms with E-state index in [-0.39, 0.29) is 11.0 Å². The van der Waals surface area contributed by atoms with Crippen molar-refractivity contribution in [2.45, 2.75) is 17.4 Å². The van der Waals surface area contributed by atoms with Crippen LogP contribution in [0.3, 0.4) is 0 Å². The minimum absolute atomic E-state index is 0.143. The first-order valence-electron chi connectivity index (χ1n) is 5.32. The van der Waals surface area contributed by atoms with Gasteiger partial charge in [0.1, 0.15) is 4.62 Å². The fraction of sp³-hybridized carbons (Fsp3) is 0.364. The Balaban J connectivity index is 2.21. The van der Waals surface area contributed by atoms with Crippen LogP contribution >= 0.6 is 15.9 Å². The zero-order chi connectivity index (χ0) is 13.3. The van der Waals surface area contributed by atoms with Gasteiger partial charge in [-0.05, 0) is 33.6 Å². The topological polar surface area (TPSA) is 59.0 Å². The SMILES string of the molecule is CN(C)S(=O)(=O)c1ccc([C@@H]2CC(Br)=NO2)cc1. The molecule has 1 heterocycles. The number of benzene rings is 1. The third kappa shape index (κ3) is 2.57. The van der Waals surface area contributed by atoms with Crippen molar-refractivity contribution in [3.63, 3.8) is 0 Å². The second-order valence-corrected chi connectivity index (χ2v) is 7.19. The molecule has 7 heteroatoms. The van der Waals surface area contributed by atoms with E-state index in [1.165, 1.54) is 18.4 Å². The molecule has 1 aliphatic heterocycles. The number of sulfonamides is 1. The van der Waals surface area contributed by atoms with Crippen molar-refractivity contribution in [3.05, 3.63) is 29.8 Å². The molecule has 0 N–H and O–H groups in total. The predicted molar refractivity (Wildman–Crippen MR) is 72.1 cm³/mol. The molecule has 0 bridgehead atoms. The molecule has 0 saturated heterocycles. The lowest BCUT2D eigenvalue weighted by molar-refractivity contribution is 0.0857. The van der Waals surface area contributed by atoms with E-state index in [1.807, 2.05) is 0 Å². The van der Waals surface area contributed by atoms with Gasteiger partial charge in [-0.25, -0.2) is 12.7 Å². The fourth-order valence-electron chi connectivity index (χ4n) is 1.59. The van der Waals surface area contributed by atoms with Crippen LogP contribution in [0.1, 0.15) is 18.1 Å². The average Bonchev–Trinajstić information content (AvgIpc) is 2.76. The highest BCUT2D eigenvalue weighted by molar-refractivity contribution is 9.18. The molecule has 1 atom stereocenters. The van der Waals surface area contributed by atoms with Gasteiger partial charge in [-0.3, -0.25) is 0 Å². The number of hydrogen-bond donors (Lipinski definition) is 0. The van der Waals surface area contributed by atoms with Gasteiger partial charge in [0, 0.05) is 20.5 Å². The third-order valence-electron chi connectivity index (χ3n) is 2.66. The first kappa shape index (κ1) is 13.5. The van der Waals surface area contributed by atoms with Gasteiger partial charge in [-0.15, -0.1) is 0 Å². The molecule has 0 aliphatic carbocycles. The predicted octanol–water partition coefficient (Wildman–Crippen LogP) is 2.11. The smallest absolute Gasteiger partial charge is 0.242 e. The second kappa shape index (κ2) is 4.99. The molecule has 1 aromatic rings. The van der Waals surface area contributed by atoms with E-state index in [2.05, 4.69) is 21.1 Å². The first-order chi connectivity index (χ1) is 8.41. The summed E-state index contributed by atoms with van der Waals surface area (Å²) < 4.78 is 25.7. The van der Waals surface area contributed by atoms with Crippen LogP contribution < -0.4 is 0 Å². The van der Waals surface area contributed by atoms with Crippen molar-refractivity contribution < 1.29 is 13.3 Å². The monoisotopic (exact) mass is 332 g/mol. The molecule has 5 nitrogen and oxygen atoms in total. The summed E-state index contributed by atoms with van der Waals surface area (Å²) in [7, 11) is -0.357. The van der Waals surface area contributed by atoms with Crippen LogP contribution in [0.2, 0.25) is 0 Å². The Morgan fingerprint density at radius 2 is 1.94 bits per heavy atom. The number of nitrogens with zero attached hydrogens (tertiary/aromatic N) is 2. The summed E-state index contributed by atoms with van der Waals surface area (Å²) in [6.45, 7) is 0. The van der Waals surface area contributed by atoms with E-state index in [0.717, 1.165) is 10.2 Å². The molecule has 0 saturated carbocycles. The fourth-order valence-corrected chi connectivity index (χ4v) is 2.87. The summed E-state index contributed by atoms with van der Waals surface area (Å²) in [4.78, 5) is 5.48. The third-order valence-corrected chi connectivity index (χ3v) is 4.96. The molecule has 0 fully saturated rings. The van der Waals surface area contributed by atoms with Crippen LogP contribution in [-0.2, 0) is 14.9 Å². The number of oxime groups is 1. The van der Waals surface area contributed by atoms with Gasteiger partial charge in [0.15, 0.2) is 6.10 Å². The number of hydrogen-bond acceptors (Lipinski definition) is 4. The van der Waals surface area contributed by atoms with Crippen LogP contribution in [0, 0.1) is 0 Å². The molecule has 0 unspecified atom stereocenters. The Kier molecular flexibility index (Phi) is 3.74. The van der Waals surface area contributed by atoms with Crippen LogP contribution in [0.4, 0.5) is 0 Å². The molecule has 2 rings (SSSR count). The summed E-state index contributed by atoms with van der Waals surface area (Å²) in [6.07, 6.45) is 0.523. The quantitative estimate of drug-likeness (QED) is 0.851. The average molecular weight is 333 g/mol. The summed E-state index contributed by atoms with van der Waals surface area (Å²) in [5.74, 6) is 0. The molecule has 0 spiro atoms. The van der Waals surface area contributed by atoms with Gasteiger partial charge in [-0.2, -0.15) is 0 Å². The Morgan fingerprint density at radius 1 is 1.33 bits per heavy atom. The molecule has 0 aromatic heterocycles. The molecular weight excluding hydrogens is 320 g/mol. The van der Waals surface area contributed by atoms with E-state index in [0.29, 0.717) is 6.42 Å². The summed E-state index contributed by atoms with van der Waals surface area (Å²) in [6, 6.07) is 6.67. The van der Waals surface area contributed by atoms with Crippen LogP contribution in [0.15, 0.2) is 34.3 Å². The van der Waals surface area contributed by atoms with Crippen LogP contribution in [0.5, 0.6) is 0 Å². The lowest BCUT2D eigenvalue weighted by atomic mass is 10.1. The maximum absolute atomic E-state index is 11.9. The Hall–Kier alpha value is -0.920. The summed E-state index contributed by atoms with van der Waals surface area (Å²) >= 11 is 3.26. The highest BCUT2D eigenvalue weighted by atomic mass is 79.9. The molecule has 1 aromatic carbocycles. The van der Waals surface area contributed by atoms with E-state index in [1.54, 1.807) is 24.3 Å². The Labute approximate surface area is 115 Å². The van der Waals surface area contributed by atoms with Gasteiger partial charge in [0.05, 0.1) is 4.90 Å². The van der Waals surface area contributed by atoms with Crippen molar-refractivity contribution in [3.8, 4) is 0 Å². The Bertz CT molecular complexity index is 566.